The van der Waals surface area contributed by atoms with E-state index in [1.165, 1.54) is 18.2 Å². The summed E-state index contributed by atoms with van der Waals surface area (Å²) in [5, 5.41) is 9.34. The van der Waals surface area contributed by atoms with Gasteiger partial charge in [-0.2, -0.15) is 22.0 Å². The van der Waals surface area contributed by atoms with Crippen molar-refractivity contribution in [2.24, 2.45) is 11.8 Å². The first-order valence-corrected chi connectivity index (χ1v) is 13.2. The van der Waals surface area contributed by atoms with Gasteiger partial charge in [-0.3, -0.25) is 9.10 Å². The van der Waals surface area contributed by atoms with E-state index in [9.17, 15) is 44.7 Å². The number of aliphatic carboxylic acids is 1. The summed E-state index contributed by atoms with van der Waals surface area (Å²) in [5.74, 6) is -3.81. The molecule has 1 aliphatic heterocycles. The van der Waals surface area contributed by atoms with Crippen LogP contribution < -0.4 is 13.8 Å². The molecule has 3 aromatic rings. The number of anilines is 1. The lowest BCUT2D eigenvalue weighted by Gasteiger charge is -2.36. The first-order valence-electron chi connectivity index (χ1n) is 11.7. The van der Waals surface area contributed by atoms with E-state index in [4.69, 9.17) is 4.74 Å². The van der Waals surface area contributed by atoms with Crippen LogP contribution in [0, 0.1) is 17.7 Å². The lowest BCUT2D eigenvalue weighted by atomic mass is 10.0. The summed E-state index contributed by atoms with van der Waals surface area (Å²) in [5.41, 5.74) is -1.09. The number of benzene rings is 3. The fourth-order valence-corrected chi connectivity index (χ4v) is 6.20. The second kappa shape index (κ2) is 9.91. The van der Waals surface area contributed by atoms with Crippen LogP contribution in [-0.4, -0.2) is 38.8 Å². The summed E-state index contributed by atoms with van der Waals surface area (Å²) in [6.07, 6.45) is -5.51. The average Bonchev–Trinajstić information content (AvgIpc) is 3.68. The number of rotatable bonds is 7. The van der Waals surface area contributed by atoms with Crippen molar-refractivity contribution in [1.29, 1.82) is 0 Å². The first-order chi connectivity index (χ1) is 18.7. The molecule has 3 atom stereocenters. The average molecular weight is 587 g/mol. The Morgan fingerprint density at radius 2 is 1.80 bits per heavy atom. The van der Waals surface area contributed by atoms with Crippen molar-refractivity contribution < 1.29 is 54.1 Å². The molecule has 1 unspecified atom stereocenters. The standard InChI is InChI=1S/C26H19F6NO6S/c27-16-6-14(7-17(10-16)38-25(28)29)13-4-5-22-21(8-13)33(12-23(39-22)19-11-20(19)24(34)35)40(36,37)18-3-1-2-15(9-18)26(30,31)32/h1-10,19-20,23,25H,11-12H2,(H,34,35)/t19-,20-,23?/m1/s1. The number of hydrogen-bond acceptors (Lipinski definition) is 5. The Morgan fingerprint density at radius 3 is 2.45 bits per heavy atom. The molecule has 2 aliphatic rings. The molecule has 1 fully saturated rings. The Balaban J connectivity index is 1.60. The Kier molecular flexibility index (Phi) is 6.84. The molecule has 1 heterocycles. The molecule has 0 bridgehead atoms. The zero-order valence-electron chi connectivity index (χ0n) is 20.1. The molecule has 0 aromatic heterocycles. The maximum absolute atomic E-state index is 14.2. The minimum absolute atomic E-state index is 0.00736. The number of fused-ring (bicyclic) bond motifs is 1. The highest BCUT2D eigenvalue weighted by Gasteiger charge is 2.52. The molecule has 0 radical (unpaired) electrons. The fourth-order valence-electron chi connectivity index (χ4n) is 4.67. The Bertz CT molecular complexity index is 1580. The van der Waals surface area contributed by atoms with Crippen LogP contribution in [0.1, 0.15) is 12.0 Å². The Hall–Kier alpha value is -3.94. The second-order valence-corrected chi connectivity index (χ2v) is 11.2. The summed E-state index contributed by atoms with van der Waals surface area (Å²) >= 11 is 0. The van der Waals surface area contributed by atoms with Crippen LogP contribution in [0.15, 0.2) is 65.6 Å². The van der Waals surface area contributed by atoms with Gasteiger partial charge < -0.3 is 14.6 Å². The molecule has 14 heteroatoms. The summed E-state index contributed by atoms with van der Waals surface area (Å²) in [6, 6.07) is 10.00. The molecule has 3 aromatic carbocycles. The van der Waals surface area contributed by atoms with Gasteiger partial charge in [-0.15, -0.1) is 0 Å². The second-order valence-electron chi connectivity index (χ2n) is 9.30. The normalized spacial score (nSPS) is 20.6. The van der Waals surface area contributed by atoms with E-state index in [1.54, 1.807) is 0 Å². The smallest absolute Gasteiger partial charge is 0.416 e. The van der Waals surface area contributed by atoms with E-state index in [0.29, 0.717) is 6.07 Å². The van der Waals surface area contributed by atoms with E-state index < -0.39 is 75.3 Å². The van der Waals surface area contributed by atoms with Gasteiger partial charge in [0, 0.05) is 12.0 Å². The molecule has 212 valence electrons. The molecule has 5 rings (SSSR count). The predicted molar refractivity (Wildman–Crippen MR) is 128 cm³/mol. The number of carbonyl (C=O) groups is 1. The van der Waals surface area contributed by atoms with E-state index in [0.717, 1.165) is 40.7 Å². The van der Waals surface area contributed by atoms with E-state index in [1.807, 2.05) is 0 Å². The molecule has 0 amide bonds. The van der Waals surface area contributed by atoms with Crippen LogP contribution in [0.4, 0.5) is 32.0 Å². The maximum Gasteiger partial charge on any atom is 0.416 e. The van der Waals surface area contributed by atoms with Crippen LogP contribution in [-0.2, 0) is 21.0 Å². The third-order valence-corrected chi connectivity index (χ3v) is 8.44. The molecule has 1 saturated carbocycles. The summed E-state index contributed by atoms with van der Waals surface area (Å²) in [7, 11) is -4.66. The largest absolute Gasteiger partial charge is 0.486 e. The lowest BCUT2D eigenvalue weighted by Crippen LogP contribution is -2.45. The van der Waals surface area contributed by atoms with Crippen LogP contribution in [0.3, 0.4) is 0 Å². The SMILES string of the molecule is O=C(O)[C@@H]1C[C@H]1C1CN(S(=O)(=O)c2cccc(C(F)(F)F)c2)c2cc(-c3cc(F)cc(OC(F)F)c3)ccc2O1. The molecule has 40 heavy (non-hydrogen) atoms. The quantitative estimate of drug-likeness (QED) is 0.352. The number of carboxylic acids is 1. The van der Waals surface area contributed by atoms with Crippen molar-refractivity contribution in [3.05, 3.63) is 72.0 Å². The molecule has 7 nitrogen and oxygen atoms in total. The molecule has 1 N–H and O–H groups in total. The van der Waals surface area contributed by atoms with Crippen LogP contribution in [0.2, 0.25) is 0 Å². The number of carboxylic acid groups (broad SMARTS) is 1. The van der Waals surface area contributed by atoms with E-state index >= 15 is 0 Å². The Morgan fingerprint density at radius 1 is 1.05 bits per heavy atom. The molecule has 0 saturated heterocycles. The van der Waals surface area contributed by atoms with Gasteiger partial charge in [-0.1, -0.05) is 12.1 Å². The third-order valence-electron chi connectivity index (χ3n) is 6.67. The Labute approximate surface area is 223 Å². The fraction of sp³-hybridized carbons (Fsp3) is 0.269. The van der Waals surface area contributed by atoms with Crippen molar-refractivity contribution in [3.63, 3.8) is 0 Å². The van der Waals surface area contributed by atoms with Crippen molar-refractivity contribution >= 4 is 21.7 Å². The van der Waals surface area contributed by atoms with Gasteiger partial charge in [0.2, 0.25) is 0 Å². The molecular formula is C26H19F6NO6S. The van der Waals surface area contributed by atoms with Crippen molar-refractivity contribution in [2.45, 2.75) is 30.2 Å². The van der Waals surface area contributed by atoms with Crippen molar-refractivity contribution in [3.8, 4) is 22.6 Å². The summed E-state index contributed by atoms with van der Waals surface area (Å²) < 4.78 is 118. The molecule has 1 aliphatic carbocycles. The summed E-state index contributed by atoms with van der Waals surface area (Å²) in [6.45, 7) is -3.64. The zero-order valence-corrected chi connectivity index (χ0v) is 20.9. The highest BCUT2D eigenvalue weighted by Crippen LogP contribution is 2.48. The molecular weight excluding hydrogens is 568 g/mol. The topological polar surface area (TPSA) is 93.1 Å². The lowest BCUT2D eigenvalue weighted by molar-refractivity contribution is -0.139. The van der Waals surface area contributed by atoms with E-state index in [-0.39, 0.29) is 29.0 Å². The number of hydrogen-bond donors (Lipinski definition) is 1. The minimum atomic E-state index is -4.82. The number of nitrogens with zero attached hydrogens (tertiary/aromatic N) is 1. The van der Waals surface area contributed by atoms with Crippen LogP contribution in [0.25, 0.3) is 11.1 Å². The van der Waals surface area contributed by atoms with Gasteiger partial charge >= 0.3 is 18.8 Å². The zero-order chi connectivity index (χ0) is 29.0. The van der Waals surface area contributed by atoms with Crippen molar-refractivity contribution in [1.82, 2.24) is 0 Å². The summed E-state index contributed by atoms with van der Waals surface area (Å²) in [4.78, 5) is 10.8. The maximum atomic E-state index is 14.2. The minimum Gasteiger partial charge on any atom is -0.486 e. The molecule has 0 spiro atoms. The van der Waals surface area contributed by atoms with Crippen LogP contribution in [0.5, 0.6) is 11.5 Å². The highest BCUT2D eigenvalue weighted by molar-refractivity contribution is 7.92. The monoisotopic (exact) mass is 587 g/mol. The van der Waals surface area contributed by atoms with Gasteiger partial charge in [-0.25, -0.2) is 12.8 Å². The van der Waals surface area contributed by atoms with Gasteiger partial charge in [0.25, 0.3) is 10.0 Å². The highest BCUT2D eigenvalue weighted by atomic mass is 32.2. The number of ether oxygens (including phenoxy) is 2. The number of halogens is 6. The van der Waals surface area contributed by atoms with Gasteiger partial charge in [0.05, 0.1) is 28.6 Å². The van der Waals surface area contributed by atoms with Crippen molar-refractivity contribution in [2.75, 3.05) is 10.8 Å². The number of alkyl halides is 5. The van der Waals surface area contributed by atoms with Gasteiger partial charge in [0.1, 0.15) is 23.4 Å². The van der Waals surface area contributed by atoms with Crippen LogP contribution >= 0.6 is 0 Å². The number of sulfonamides is 1. The first kappa shape index (κ1) is 27.6. The van der Waals surface area contributed by atoms with E-state index in [2.05, 4.69) is 4.74 Å². The van der Waals surface area contributed by atoms with Gasteiger partial charge in [0.15, 0.2) is 0 Å². The third kappa shape index (κ3) is 5.40. The van der Waals surface area contributed by atoms with Gasteiger partial charge in [-0.05, 0) is 60.0 Å². The predicted octanol–water partition coefficient (Wildman–Crippen LogP) is 5.79.